The minimum absolute atomic E-state index is 0. The van der Waals surface area contributed by atoms with Gasteiger partial charge in [-0.15, -0.1) is 0 Å². The van der Waals surface area contributed by atoms with E-state index in [1.54, 1.807) is 30.3 Å². The van der Waals surface area contributed by atoms with E-state index in [1.165, 1.54) is 13.8 Å². The second-order valence-corrected chi connectivity index (χ2v) is 6.04. The zero-order chi connectivity index (χ0) is 14.7. The number of amides is 1. The quantitative estimate of drug-likeness (QED) is 0.393. The zero-order valence-corrected chi connectivity index (χ0v) is 14.7. The molecule has 0 aromatic heterocycles. The summed E-state index contributed by atoms with van der Waals surface area (Å²) in [6.45, 7) is 6.49. The number of hydrogen-bond donors (Lipinski definition) is 1. The van der Waals surface area contributed by atoms with E-state index in [4.69, 9.17) is 0 Å². The number of benzene rings is 1. The molecule has 0 spiro atoms. The molecule has 1 rings (SSSR count). The fourth-order valence-electron chi connectivity index (χ4n) is 1.71. The predicted molar refractivity (Wildman–Crippen MR) is 71.3 cm³/mol. The predicted octanol–water partition coefficient (Wildman–Crippen LogP) is -1.86. The Hall–Kier alpha value is -0.660. The molecule has 7 heteroatoms. The third kappa shape index (κ3) is 5.76. The van der Waals surface area contributed by atoms with Gasteiger partial charge in [-0.2, -0.15) is 0 Å². The number of carbonyl (C=O) groups excluding carboxylic acids is 1. The van der Waals surface area contributed by atoms with Crippen LogP contribution in [-0.2, 0) is 20.5 Å². The normalized spacial score (nSPS) is 13.8. The molecule has 0 saturated heterocycles. The van der Waals surface area contributed by atoms with Gasteiger partial charge in [0.1, 0.15) is 0 Å². The van der Waals surface area contributed by atoms with E-state index in [9.17, 15) is 17.8 Å². The Morgan fingerprint density at radius 2 is 1.85 bits per heavy atom. The largest absolute Gasteiger partial charge is 1.00 e. The van der Waals surface area contributed by atoms with Gasteiger partial charge >= 0.3 is 29.6 Å². The van der Waals surface area contributed by atoms with Crippen LogP contribution in [0.1, 0.15) is 19.4 Å². The number of carbonyl (C=O) groups is 1. The molecule has 5 nitrogen and oxygen atoms in total. The molecule has 0 fully saturated rings. The third-order valence-corrected chi connectivity index (χ3v) is 3.58. The van der Waals surface area contributed by atoms with Crippen molar-refractivity contribution in [2.24, 2.45) is 0 Å². The smallest absolute Gasteiger partial charge is 0.748 e. The van der Waals surface area contributed by atoms with Gasteiger partial charge in [0.05, 0.1) is 21.4 Å². The first-order valence-corrected chi connectivity index (χ1v) is 7.19. The van der Waals surface area contributed by atoms with Crippen molar-refractivity contribution in [1.29, 1.82) is 0 Å². The van der Waals surface area contributed by atoms with E-state index in [1.807, 2.05) is 0 Å². The minimum atomic E-state index is -4.50. The molecular formula is C13H16NNaO4S. The molecule has 1 atom stereocenters. The first-order chi connectivity index (χ1) is 8.64. The van der Waals surface area contributed by atoms with Crippen molar-refractivity contribution in [1.82, 2.24) is 5.32 Å². The van der Waals surface area contributed by atoms with Crippen LogP contribution in [0, 0.1) is 0 Å². The van der Waals surface area contributed by atoms with Crippen LogP contribution in [0.25, 0.3) is 0 Å². The monoisotopic (exact) mass is 305 g/mol. The average Bonchev–Trinajstić information content (AvgIpc) is 2.27. The molecule has 0 saturated carbocycles. The Labute approximate surface area is 141 Å². The molecule has 1 amide bonds. The van der Waals surface area contributed by atoms with Crippen molar-refractivity contribution in [2.75, 3.05) is 5.75 Å². The van der Waals surface area contributed by atoms with Gasteiger partial charge in [-0.25, -0.2) is 8.42 Å². The molecule has 0 aliphatic carbocycles. The fraction of sp³-hybridized carbons (Fsp3) is 0.308. The van der Waals surface area contributed by atoms with Crippen LogP contribution in [-0.4, -0.2) is 24.6 Å². The van der Waals surface area contributed by atoms with Gasteiger partial charge < -0.3 is 9.87 Å². The van der Waals surface area contributed by atoms with Gasteiger partial charge in [0.25, 0.3) is 0 Å². The van der Waals surface area contributed by atoms with E-state index >= 15 is 0 Å². The molecular weight excluding hydrogens is 289 g/mol. The number of rotatable bonds is 5. The van der Waals surface area contributed by atoms with Crippen LogP contribution in [0.4, 0.5) is 0 Å². The van der Waals surface area contributed by atoms with Crippen molar-refractivity contribution in [3.63, 3.8) is 0 Å². The number of hydrogen-bond acceptors (Lipinski definition) is 4. The third-order valence-electron chi connectivity index (χ3n) is 2.65. The molecule has 1 unspecified atom stereocenters. The summed E-state index contributed by atoms with van der Waals surface area (Å²) >= 11 is 0. The van der Waals surface area contributed by atoms with Crippen molar-refractivity contribution in [3.05, 3.63) is 48.0 Å². The second-order valence-electron chi connectivity index (χ2n) is 4.63. The van der Waals surface area contributed by atoms with Gasteiger partial charge in [0, 0.05) is 5.57 Å². The molecule has 104 valence electrons. The minimum Gasteiger partial charge on any atom is -0.748 e. The van der Waals surface area contributed by atoms with Gasteiger partial charge in [-0.3, -0.25) is 4.79 Å². The molecule has 0 radical (unpaired) electrons. The van der Waals surface area contributed by atoms with Crippen molar-refractivity contribution in [2.45, 2.75) is 19.4 Å². The standard InChI is InChI=1S/C13H17NO4S.Na/c1-10(2)12(15)14-13(3,9-19(16,17)18)11-7-5-4-6-8-11;/h4-8H,1,9H2,2-3H3,(H,14,15)(H,16,17,18);/q;+1/p-1. The zero-order valence-electron chi connectivity index (χ0n) is 11.8. The van der Waals surface area contributed by atoms with Gasteiger partial charge in [-0.1, -0.05) is 36.9 Å². The van der Waals surface area contributed by atoms with E-state index in [-0.39, 0.29) is 35.1 Å². The van der Waals surface area contributed by atoms with E-state index in [0.29, 0.717) is 5.56 Å². The first kappa shape index (κ1) is 19.3. The molecule has 0 aliphatic rings. The maximum absolute atomic E-state index is 11.7. The van der Waals surface area contributed by atoms with Crippen LogP contribution >= 0.6 is 0 Å². The Morgan fingerprint density at radius 3 is 2.25 bits per heavy atom. The van der Waals surface area contributed by atoms with Crippen LogP contribution in [0.2, 0.25) is 0 Å². The molecule has 1 aromatic rings. The molecule has 1 N–H and O–H groups in total. The fourth-order valence-corrected chi connectivity index (χ4v) is 2.65. The van der Waals surface area contributed by atoms with Crippen LogP contribution < -0.4 is 34.9 Å². The van der Waals surface area contributed by atoms with Crippen molar-refractivity contribution >= 4 is 16.0 Å². The van der Waals surface area contributed by atoms with Crippen molar-refractivity contribution in [3.8, 4) is 0 Å². The average molecular weight is 305 g/mol. The second kappa shape index (κ2) is 7.38. The summed E-state index contributed by atoms with van der Waals surface area (Å²) in [6.07, 6.45) is 0. The van der Waals surface area contributed by atoms with Crippen molar-refractivity contribution < 1.29 is 47.3 Å². The molecule has 1 aromatic carbocycles. The summed E-state index contributed by atoms with van der Waals surface area (Å²) in [4.78, 5) is 11.7. The van der Waals surface area contributed by atoms with Gasteiger partial charge in [0.15, 0.2) is 0 Å². The maximum Gasteiger partial charge on any atom is 1.00 e. The summed E-state index contributed by atoms with van der Waals surface area (Å²) in [5, 5.41) is 2.55. The first-order valence-electron chi connectivity index (χ1n) is 5.61. The molecule has 20 heavy (non-hydrogen) atoms. The number of nitrogens with one attached hydrogen (secondary N) is 1. The topological polar surface area (TPSA) is 86.3 Å². The van der Waals surface area contributed by atoms with E-state index < -0.39 is 27.3 Å². The Morgan fingerprint density at radius 1 is 1.35 bits per heavy atom. The summed E-state index contributed by atoms with van der Waals surface area (Å²) < 4.78 is 33.1. The van der Waals surface area contributed by atoms with Gasteiger partial charge in [0.2, 0.25) is 5.91 Å². The molecule has 0 bridgehead atoms. The Balaban J connectivity index is 0.00000361. The summed E-state index contributed by atoms with van der Waals surface area (Å²) in [5.74, 6) is -1.21. The van der Waals surface area contributed by atoms with Crippen LogP contribution in [0.15, 0.2) is 42.5 Å². The Kier molecular flexibility index (Phi) is 7.13. The maximum atomic E-state index is 11.7. The summed E-state index contributed by atoms with van der Waals surface area (Å²) in [6, 6.07) is 8.49. The summed E-state index contributed by atoms with van der Waals surface area (Å²) in [7, 11) is -4.50. The van der Waals surface area contributed by atoms with E-state index in [0.717, 1.165) is 0 Å². The SMILES string of the molecule is C=C(C)C(=O)NC(C)(CS(=O)(=O)[O-])c1ccccc1.[Na+]. The van der Waals surface area contributed by atoms with E-state index in [2.05, 4.69) is 11.9 Å². The molecule has 0 heterocycles. The molecule has 0 aliphatic heterocycles. The summed E-state index contributed by atoms with van der Waals surface area (Å²) in [5.41, 5.74) is -0.493. The van der Waals surface area contributed by atoms with Crippen LogP contribution in [0.3, 0.4) is 0 Å². The Bertz CT molecular complexity index is 586. The van der Waals surface area contributed by atoms with Crippen LogP contribution in [0.5, 0.6) is 0 Å². The van der Waals surface area contributed by atoms with Gasteiger partial charge in [-0.05, 0) is 19.4 Å².